The second-order valence-corrected chi connectivity index (χ2v) is 10.5. The first kappa shape index (κ1) is 24.4. The maximum atomic E-state index is 13.4. The predicted molar refractivity (Wildman–Crippen MR) is 134 cm³/mol. The molecule has 182 valence electrons. The van der Waals surface area contributed by atoms with E-state index in [1.165, 1.54) is 53.9 Å². The Morgan fingerprint density at radius 2 is 1.66 bits per heavy atom. The van der Waals surface area contributed by atoms with Gasteiger partial charge in [0.1, 0.15) is 6.54 Å². The Morgan fingerprint density at radius 1 is 1.00 bits per heavy atom. The highest BCUT2D eigenvalue weighted by atomic mass is 32.2. The van der Waals surface area contributed by atoms with Crippen LogP contribution in [0, 0.1) is 10.1 Å². The van der Waals surface area contributed by atoms with Crippen molar-refractivity contribution in [1.29, 1.82) is 0 Å². The zero-order valence-electron chi connectivity index (χ0n) is 19.4. The van der Waals surface area contributed by atoms with Crippen LogP contribution in [0.25, 0.3) is 0 Å². The molecule has 3 aromatic rings. The summed E-state index contributed by atoms with van der Waals surface area (Å²) in [6.07, 6.45) is 4.43. The lowest BCUT2D eigenvalue weighted by molar-refractivity contribution is -0.384. The van der Waals surface area contributed by atoms with Crippen molar-refractivity contribution in [2.45, 2.75) is 43.5 Å². The van der Waals surface area contributed by atoms with Gasteiger partial charge in [0.25, 0.3) is 15.7 Å². The SMILES string of the molecule is C[C@H](NC(=O)CN(c1ccc([N+](=O)[O-])cc1)S(=O)(=O)c1ccccc1)c1ccc2c(c1)CCCC2. The molecule has 0 saturated carbocycles. The van der Waals surface area contributed by atoms with Crippen LogP contribution in [0.2, 0.25) is 0 Å². The molecule has 9 heteroatoms. The van der Waals surface area contributed by atoms with Gasteiger partial charge >= 0.3 is 0 Å². The lowest BCUT2D eigenvalue weighted by atomic mass is 9.89. The number of rotatable bonds is 8. The van der Waals surface area contributed by atoms with Crippen molar-refractivity contribution in [2.75, 3.05) is 10.8 Å². The number of benzene rings is 3. The number of nitro groups is 1. The number of hydrogen-bond acceptors (Lipinski definition) is 5. The molecule has 1 atom stereocenters. The standard InChI is InChI=1S/C26H27N3O5S/c1-19(21-12-11-20-7-5-6-8-22(20)17-21)27-26(30)18-28(23-13-15-24(16-14-23)29(31)32)35(33,34)25-9-3-2-4-10-25/h2-4,9-17,19H,5-8,18H2,1H3,(H,27,30)/t19-/m0/s1. The summed E-state index contributed by atoms with van der Waals surface area (Å²) >= 11 is 0. The van der Waals surface area contributed by atoms with Crippen molar-refractivity contribution in [3.63, 3.8) is 0 Å². The molecule has 0 aromatic heterocycles. The number of nitrogens with one attached hydrogen (secondary N) is 1. The number of aryl methyl sites for hydroxylation is 2. The molecule has 3 aromatic carbocycles. The van der Waals surface area contributed by atoms with Gasteiger partial charge in [-0.05, 0) is 73.6 Å². The summed E-state index contributed by atoms with van der Waals surface area (Å²) in [5, 5.41) is 13.9. The fourth-order valence-electron chi connectivity index (χ4n) is 4.30. The molecule has 0 aliphatic heterocycles. The Kier molecular flexibility index (Phi) is 7.16. The Morgan fingerprint density at radius 3 is 2.31 bits per heavy atom. The molecule has 4 rings (SSSR count). The fourth-order valence-corrected chi connectivity index (χ4v) is 5.74. The minimum atomic E-state index is -4.09. The lowest BCUT2D eigenvalue weighted by Crippen LogP contribution is -2.41. The van der Waals surface area contributed by atoms with E-state index in [1.807, 2.05) is 13.0 Å². The molecule has 0 saturated heterocycles. The third-order valence-corrected chi connectivity index (χ3v) is 8.01. The fraction of sp³-hybridized carbons (Fsp3) is 0.269. The van der Waals surface area contributed by atoms with E-state index in [0.29, 0.717) is 0 Å². The average molecular weight is 494 g/mol. The summed E-state index contributed by atoms with van der Waals surface area (Å²) in [4.78, 5) is 23.5. The highest BCUT2D eigenvalue weighted by Crippen LogP contribution is 2.27. The highest BCUT2D eigenvalue weighted by Gasteiger charge is 2.28. The van der Waals surface area contributed by atoms with Gasteiger partial charge in [-0.3, -0.25) is 19.2 Å². The molecule has 1 aliphatic rings. The first-order chi connectivity index (χ1) is 16.8. The van der Waals surface area contributed by atoms with Gasteiger partial charge in [0, 0.05) is 12.1 Å². The van der Waals surface area contributed by atoms with Gasteiger partial charge in [-0.15, -0.1) is 0 Å². The quantitative estimate of drug-likeness (QED) is 0.366. The molecule has 0 spiro atoms. The zero-order valence-corrected chi connectivity index (χ0v) is 20.2. The number of nitrogens with zero attached hydrogens (tertiary/aromatic N) is 2. The van der Waals surface area contributed by atoms with Crippen LogP contribution in [0.4, 0.5) is 11.4 Å². The van der Waals surface area contributed by atoms with Crippen LogP contribution < -0.4 is 9.62 Å². The van der Waals surface area contributed by atoms with Crippen LogP contribution in [0.15, 0.2) is 77.7 Å². The maximum Gasteiger partial charge on any atom is 0.269 e. The minimum Gasteiger partial charge on any atom is -0.348 e. The van der Waals surface area contributed by atoms with Gasteiger partial charge in [0.2, 0.25) is 5.91 Å². The Hall–Kier alpha value is -3.72. The molecule has 0 bridgehead atoms. The number of non-ortho nitro benzene ring substituents is 1. The highest BCUT2D eigenvalue weighted by molar-refractivity contribution is 7.92. The molecule has 8 nitrogen and oxygen atoms in total. The van der Waals surface area contributed by atoms with Crippen molar-refractivity contribution in [2.24, 2.45) is 0 Å². The number of fused-ring (bicyclic) bond motifs is 1. The van der Waals surface area contributed by atoms with E-state index in [-0.39, 0.29) is 22.3 Å². The number of hydrogen-bond donors (Lipinski definition) is 1. The molecule has 35 heavy (non-hydrogen) atoms. The lowest BCUT2D eigenvalue weighted by Gasteiger charge is -2.25. The predicted octanol–water partition coefficient (Wildman–Crippen LogP) is 4.55. The van der Waals surface area contributed by atoms with Crippen molar-refractivity contribution in [1.82, 2.24) is 5.32 Å². The molecule has 0 unspecified atom stereocenters. The normalized spacial score (nSPS) is 14.0. The van der Waals surface area contributed by atoms with Gasteiger partial charge < -0.3 is 5.32 Å². The van der Waals surface area contributed by atoms with Crippen LogP contribution in [-0.2, 0) is 27.7 Å². The average Bonchev–Trinajstić information content (AvgIpc) is 2.87. The Bertz CT molecular complexity index is 1320. The van der Waals surface area contributed by atoms with Crippen molar-refractivity contribution >= 4 is 27.3 Å². The van der Waals surface area contributed by atoms with E-state index in [1.54, 1.807) is 18.2 Å². The largest absolute Gasteiger partial charge is 0.348 e. The first-order valence-corrected chi connectivity index (χ1v) is 12.9. The molecular formula is C26H27N3O5S. The van der Waals surface area contributed by atoms with Gasteiger partial charge in [-0.25, -0.2) is 8.42 Å². The van der Waals surface area contributed by atoms with Crippen LogP contribution >= 0.6 is 0 Å². The molecule has 0 radical (unpaired) electrons. The van der Waals surface area contributed by atoms with Crippen LogP contribution in [0.3, 0.4) is 0 Å². The van der Waals surface area contributed by atoms with E-state index >= 15 is 0 Å². The smallest absolute Gasteiger partial charge is 0.269 e. The zero-order chi connectivity index (χ0) is 25.0. The summed E-state index contributed by atoms with van der Waals surface area (Å²) in [6, 6.07) is 18.8. The Labute approximate surface area is 204 Å². The number of carbonyl (C=O) groups is 1. The summed E-state index contributed by atoms with van der Waals surface area (Å²) in [6.45, 7) is 1.40. The van der Waals surface area contributed by atoms with Gasteiger partial charge in [0.05, 0.1) is 21.5 Å². The van der Waals surface area contributed by atoms with E-state index in [4.69, 9.17) is 0 Å². The number of anilines is 1. The molecule has 1 aliphatic carbocycles. The van der Waals surface area contributed by atoms with Crippen LogP contribution in [-0.4, -0.2) is 25.8 Å². The second-order valence-electron chi connectivity index (χ2n) is 8.62. The van der Waals surface area contributed by atoms with E-state index in [0.717, 1.165) is 29.1 Å². The number of carbonyl (C=O) groups excluding carboxylic acids is 1. The maximum absolute atomic E-state index is 13.4. The van der Waals surface area contributed by atoms with Crippen LogP contribution in [0.1, 0.15) is 42.5 Å². The second kappa shape index (κ2) is 10.3. The molecular weight excluding hydrogens is 466 g/mol. The third kappa shape index (κ3) is 5.51. The van der Waals surface area contributed by atoms with Gasteiger partial charge in [0.15, 0.2) is 0 Å². The summed E-state index contributed by atoms with van der Waals surface area (Å²) < 4.78 is 27.8. The number of sulfonamides is 1. The van der Waals surface area contributed by atoms with E-state index in [9.17, 15) is 23.3 Å². The summed E-state index contributed by atoms with van der Waals surface area (Å²) in [5.41, 5.74) is 3.60. The monoisotopic (exact) mass is 493 g/mol. The van der Waals surface area contributed by atoms with Crippen LogP contribution in [0.5, 0.6) is 0 Å². The summed E-state index contributed by atoms with van der Waals surface area (Å²) in [5.74, 6) is -0.479. The Balaban J connectivity index is 1.58. The number of amides is 1. The first-order valence-electron chi connectivity index (χ1n) is 11.5. The minimum absolute atomic E-state index is 0.0221. The van der Waals surface area contributed by atoms with Gasteiger partial charge in [-0.2, -0.15) is 0 Å². The van der Waals surface area contributed by atoms with Crippen molar-refractivity contribution in [3.8, 4) is 0 Å². The molecule has 1 N–H and O–H groups in total. The van der Waals surface area contributed by atoms with E-state index in [2.05, 4.69) is 17.4 Å². The third-order valence-electron chi connectivity index (χ3n) is 6.22. The topological polar surface area (TPSA) is 110 Å². The molecule has 1 amide bonds. The molecule has 0 fully saturated rings. The number of nitro benzene ring substituents is 1. The van der Waals surface area contributed by atoms with Gasteiger partial charge in [-0.1, -0.05) is 36.4 Å². The van der Waals surface area contributed by atoms with E-state index < -0.39 is 27.4 Å². The van der Waals surface area contributed by atoms with Crippen molar-refractivity contribution in [3.05, 3.63) is 99.6 Å². The molecule has 0 heterocycles. The van der Waals surface area contributed by atoms with Crippen molar-refractivity contribution < 1.29 is 18.1 Å². The summed E-state index contributed by atoms with van der Waals surface area (Å²) in [7, 11) is -4.09.